The Kier molecular flexibility index (Phi) is 4.20. The van der Waals surface area contributed by atoms with Gasteiger partial charge in [0.15, 0.2) is 0 Å². The fraction of sp³-hybridized carbons (Fsp3) is 0.529. The second-order valence-corrected chi connectivity index (χ2v) is 6.74. The van der Waals surface area contributed by atoms with Crippen LogP contribution in [-0.2, 0) is 11.3 Å². The number of methoxy groups -OCH3 is 1. The van der Waals surface area contributed by atoms with Gasteiger partial charge in [-0.25, -0.2) is 9.07 Å². The largest absolute Gasteiger partial charge is 0.378 e. The van der Waals surface area contributed by atoms with Crippen LogP contribution in [0.15, 0.2) is 24.7 Å². The first-order valence-corrected chi connectivity index (χ1v) is 8.48. The number of ether oxygens (including phenoxy) is 1. The Bertz CT molecular complexity index is 766. The predicted octanol–water partition coefficient (Wildman–Crippen LogP) is 1.97. The predicted molar refractivity (Wildman–Crippen MR) is 86.2 cm³/mol. The maximum absolute atomic E-state index is 13.4. The first-order valence-electron chi connectivity index (χ1n) is 8.48. The lowest BCUT2D eigenvalue weighted by molar-refractivity contribution is 0.0522. The number of carbonyl (C=O) groups is 1. The molecule has 1 amide bonds. The molecule has 0 N–H and O–H groups in total. The monoisotopic (exact) mass is 345 g/mol. The van der Waals surface area contributed by atoms with Gasteiger partial charge in [0.25, 0.3) is 5.91 Å². The zero-order valence-electron chi connectivity index (χ0n) is 14.0. The Morgan fingerprint density at radius 1 is 1.28 bits per heavy atom. The van der Waals surface area contributed by atoms with Crippen LogP contribution in [0.4, 0.5) is 4.39 Å². The van der Waals surface area contributed by atoms with Gasteiger partial charge >= 0.3 is 0 Å². The molecule has 2 bridgehead atoms. The number of hydrogen-bond donors (Lipinski definition) is 0. The molecule has 7 nitrogen and oxygen atoms in total. The molecule has 2 fully saturated rings. The molecule has 2 saturated heterocycles. The summed E-state index contributed by atoms with van der Waals surface area (Å²) in [6.45, 7) is 0.441. The number of rotatable bonds is 4. The molecule has 0 aliphatic carbocycles. The van der Waals surface area contributed by atoms with Crippen molar-refractivity contribution in [3.63, 3.8) is 0 Å². The summed E-state index contributed by atoms with van der Waals surface area (Å²) in [5.41, 5.74) is 1.12. The molecule has 0 spiro atoms. The number of nitrogens with zero attached hydrogens (tertiary/aromatic N) is 5. The van der Waals surface area contributed by atoms with Gasteiger partial charge < -0.3 is 9.64 Å². The molecule has 0 saturated carbocycles. The number of pyridine rings is 1. The molecule has 2 unspecified atom stereocenters. The fourth-order valence-corrected chi connectivity index (χ4v) is 4.08. The number of aromatic nitrogens is 4. The van der Waals surface area contributed by atoms with Crippen LogP contribution >= 0.6 is 0 Å². The first-order chi connectivity index (χ1) is 12.2. The van der Waals surface area contributed by atoms with Gasteiger partial charge in [0.1, 0.15) is 11.5 Å². The van der Waals surface area contributed by atoms with Gasteiger partial charge in [-0.1, -0.05) is 5.21 Å². The summed E-state index contributed by atoms with van der Waals surface area (Å²) < 4.78 is 20.4. The fourth-order valence-electron chi connectivity index (χ4n) is 4.08. The van der Waals surface area contributed by atoms with Gasteiger partial charge in [0, 0.05) is 25.4 Å². The molecule has 132 valence electrons. The van der Waals surface area contributed by atoms with Crippen molar-refractivity contribution in [3.8, 4) is 0 Å². The highest BCUT2D eigenvalue weighted by molar-refractivity contribution is 5.94. The molecule has 2 aliphatic heterocycles. The number of hydrogen-bond acceptors (Lipinski definition) is 5. The Balaban J connectivity index is 1.51. The number of carbonyl (C=O) groups excluding carboxylic acids is 1. The quantitative estimate of drug-likeness (QED) is 0.847. The summed E-state index contributed by atoms with van der Waals surface area (Å²) in [6.07, 6.45) is 8.07. The van der Waals surface area contributed by atoms with Crippen LogP contribution in [0.2, 0.25) is 0 Å². The second kappa shape index (κ2) is 6.51. The van der Waals surface area contributed by atoms with Crippen LogP contribution in [0.1, 0.15) is 47.8 Å². The third kappa shape index (κ3) is 3.02. The van der Waals surface area contributed by atoms with Crippen molar-refractivity contribution in [2.75, 3.05) is 7.11 Å². The zero-order valence-corrected chi connectivity index (χ0v) is 14.0. The highest BCUT2D eigenvalue weighted by atomic mass is 19.1. The molecule has 2 aromatic rings. The van der Waals surface area contributed by atoms with Crippen molar-refractivity contribution in [1.82, 2.24) is 24.9 Å². The minimum Gasteiger partial charge on any atom is -0.378 e. The van der Waals surface area contributed by atoms with E-state index >= 15 is 0 Å². The Morgan fingerprint density at radius 3 is 2.72 bits per heavy atom. The lowest BCUT2D eigenvalue weighted by Crippen LogP contribution is -2.47. The summed E-state index contributed by atoms with van der Waals surface area (Å²) in [5.74, 6) is -0.613. The van der Waals surface area contributed by atoms with Crippen molar-refractivity contribution in [2.24, 2.45) is 0 Å². The van der Waals surface area contributed by atoms with Crippen LogP contribution in [0.25, 0.3) is 0 Å². The molecular weight excluding hydrogens is 325 g/mol. The van der Waals surface area contributed by atoms with Crippen molar-refractivity contribution >= 4 is 5.91 Å². The normalized spacial score (nSPS) is 25.4. The highest BCUT2D eigenvalue weighted by Gasteiger charge is 2.44. The summed E-state index contributed by atoms with van der Waals surface area (Å²) in [5, 5.41) is 8.34. The average Bonchev–Trinajstić information content (AvgIpc) is 3.17. The molecule has 0 aromatic carbocycles. The van der Waals surface area contributed by atoms with E-state index in [-0.39, 0.29) is 24.0 Å². The van der Waals surface area contributed by atoms with Crippen LogP contribution in [0.5, 0.6) is 0 Å². The number of halogens is 1. The maximum Gasteiger partial charge on any atom is 0.256 e. The van der Waals surface area contributed by atoms with Gasteiger partial charge in [-0.3, -0.25) is 9.78 Å². The SMILES string of the molecule is COCc1cn(C2CC3CCC(C2)N3C(=O)c2cncc(F)c2)nn1. The Labute approximate surface area is 144 Å². The zero-order chi connectivity index (χ0) is 17.4. The van der Waals surface area contributed by atoms with Crippen molar-refractivity contribution in [1.29, 1.82) is 0 Å². The smallest absolute Gasteiger partial charge is 0.256 e. The summed E-state index contributed by atoms with van der Waals surface area (Å²) >= 11 is 0. The Hall–Kier alpha value is -2.35. The van der Waals surface area contributed by atoms with Crippen LogP contribution in [0, 0.1) is 5.82 Å². The summed E-state index contributed by atoms with van der Waals surface area (Å²) in [6, 6.07) is 1.78. The van der Waals surface area contributed by atoms with Gasteiger partial charge in [-0.2, -0.15) is 0 Å². The van der Waals surface area contributed by atoms with Gasteiger partial charge in [0.05, 0.1) is 30.6 Å². The molecule has 4 heterocycles. The molecule has 4 rings (SSSR count). The third-order valence-electron chi connectivity index (χ3n) is 5.12. The van der Waals surface area contributed by atoms with E-state index in [1.165, 1.54) is 12.3 Å². The van der Waals surface area contributed by atoms with Gasteiger partial charge in [-0.05, 0) is 31.7 Å². The third-order valence-corrected chi connectivity index (χ3v) is 5.12. The van der Waals surface area contributed by atoms with E-state index in [9.17, 15) is 9.18 Å². The van der Waals surface area contributed by atoms with E-state index in [4.69, 9.17) is 4.74 Å². The molecule has 2 atom stereocenters. The van der Waals surface area contributed by atoms with Crippen LogP contribution in [-0.4, -0.2) is 50.0 Å². The van der Waals surface area contributed by atoms with Crippen LogP contribution < -0.4 is 0 Å². The van der Waals surface area contributed by atoms with E-state index in [1.54, 1.807) is 7.11 Å². The van der Waals surface area contributed by atoms with Gasteiger partial charge in [0.2, 0.25) is 0 Å². The van der Waals surface area contributed by atoms with Crippen molar-refractivity contribution < 1.29 is 13.9 Å². The molecule has 8 heteroatoms. The standard InChI is InChI=1S/C17H20FN5O2/c1-25-10-13-9-22(21-20-13)16-5-14-2-3-15(6-16)23(14)17(24)11-4-12(18)8-19-7-11/h4,7-9,14-16H,2-3,5-6,10H2,1H3. The molecular formula is C17H20FN5O2. The van der Waals surface area contributed by atoms with E-state index in [0.717, 1.165) is 37.6 Å². The van der Waals surface area contributed by atoms with Crippen molar-refractivity contribution in [2.45, 2.75) is 50.4 Å². The van der Waals surface area contributed by atoms with Gasteiger partial charge in [-0.15, -0.1) is 5.10 Å². The molecule has 2 aromatic heterocycles. The van der Waals surface area contributed by atoms with Crippen molar-refractivity contribution in [3.05, 3.63) is 41.7 Å². The lowest BCUT2D eigenvalue weighted by Gasteiger charge is -2.38. The van der Waals surface area contributed by atoms with E-state index in [0.29, 0.717) is 12.2 Å². The summed E-state index contributed by atoms with van der Waals surface area (Å²) in [7, 11) is 1.63. The molecule has 0 radical (unpaired) electrons. The van der Waals surface area contributed by atoms with Crippen LogP contribution in [0.3, 0.4) is 0 Å². The van der Waals surface area contributed by atoms with E-state index in [1.807, 2.05) is 15.8 Å². The second-order valence-electron chi connectivity index (χ2n) is 6.74. The highest BCUT2D eigenvalue weighted by Crippen LogP contribution is 2.41. The minimum atomic E-state index is -0.485. The average molecular weight is 345 g/mol. The Morgan fingerprint density at radius 2 is 2.04 bits per heavy atom. The number of amides is 1. The van der Waals surface area contributed by atoms with E-state index < -0.39 is 5.82 Å². The summed E-state index contributed by atoms with van der Waals surface area (Å²) in [4.78, 5) is 18.5. The lowest BCUT2D eigenvalue weighted by atomic mass is 9.96. The number of piperidine rings is 1. The molecule has 2 aliphatic rings. The topological polar surface area (TPSA) is 73.1 Å². The maximum atomic E-state index is 13.4. The van der Waals surface area contributed by atoms with E-state index in [2.05, 4.69) is 15.3 Å². The first kappa shape index (κ1) is 16.1. The minimum absolute atomic E-state index is 0.128. The molecule has 25 heavy (non-hydrogen) atoms. The number of fused-ring (bicyclic) bond motifs is 2.